The first-order chi connectivity index (χ1) is 13.4. The Hall–Kier alpha value is -0.980. The molecule has 0 spiro atoms. The van der Waals surface area contributed by atoms with E-state index in [1.165, 1.54) is 0 Å². The van der Waals surface area contributed by atoms with Crippen molar-refractivity contribution in [2.45, 2.75) is 39.5 Å². The van der Waals surface area contributed by atoms with E-state index in [-0.39, 0.29) is 6.10 Å². The van der Waals surface area contributed by atoms with E-state index in [0.717, 1.165) is 41.7 Å². The largest absolute Gasteiger partial charge is 0.493 e. The third-order valence-electron chi connectivity index (χ3n) is 3.95. The van der Waals surface area contributed by atoms with Gasteiger partial charge in [-0.15, -0.1) is 0 Å². The van der Waals surface area contributed by atoms with Crippen LogP contribution in [0.15, 0.2) is 34.8 Å². The number of methoxy groups -OCH3 is 1. The van der Waals surface area contributed by atoms with Crippen LogP contribution < -0.4 is 14.8 Å². The molecule has 2 rings (SSSR count). The van der Waals surface area contributed by atoms with Gasteiger partial charge in [0.25, 0.3) is 0 Å². The smallest absolute Gasteiger partial charge is 0.175 e. The molecule has 0 unspecified atom stereocenters. The van der Waals surface area contributed by atoms with Crippen LogP contribution in [0.5, 0.6) is 11.5 Å². The fraction of sp³-hybridized carbons (Fsp3) is 0.429. The van der Waals surface area contributed by atoms with Crippen LogP contribution in [0.1, 0.15) is 31.4 Å². The molecule has 0 aliphatic heterocycles. The first-order valence-corrected chi connectivity index (χ1v) is 10.7. The van der Waals surface area contributed by atoms with Gasteiger partial charge in [-0.2, -0.15) is 0 Å². The van der Waals surface area contributed by atoms with Gasteiger partial charge < -0.3 is 19.5 Å². The highest BCUT2D eigenvalue weighted by molar-refractivity contribution is 9.10. The van der Waals surface area contributed by atoms with Crippen molar-refractivity contribution in [1.29, 1.82) is 0 Å². The van der Waals surface area contributed by atoms with Gasteiger partial charge in [0, 0.05) is 28.8 Å². The molecule has 2 aromatic rings. The van der Waals surface area contributed by atoms with Crippen molar-refractivity contribution in [3.05, 3.63) is 56.0 Å². The van der Waals surface area contributed by atoms with Crippen molar-refractivity contribution in [2.24, 2.45) is 0 Å². The predicted molar refractivity (Wildman–Crippen MR) is 119 cm³/mol. The molecule has 0 aliphatic rings. The van der Waals surface area contributed by atoms with E-state index in [1.54, 1.807) is 19.2 Å². The first kappa shape index (κ1) is 23.3. The lowest BCUT2D eigenvalue weighted by molar-refractivity contribution is 0.0770. The summed E-state index contributed by atoms with van der Waals surface area (Å²) in [7, 11) is 1.63. The Labute approximate surface area is 185 Å². The van der Waals surface area contributed by atoms with Gasteiger partial charge in [0.05, 0.1) is 17.7 Å². The molecule has 1 N–H and O–H groups in total. The molecule has 0 aliphatic carbocycles. The van der Waals surface area contributed by atoms with Crippen molar-refractivity contribution in [2.75, 3.05) is 20.3 Å². The molecule has 0 aromatic heterocycles. The van der Waals surface area contributed by atoms with Crippen molar-refractivity contribution in [3.8, 4) is 11.5 Å². The number of nitrogens with one attached hydrogen (secondary N) is 1. The molecule has 0 heterocycles. The summed E-state index contributed by atoms with van der Waals surface area (Å²) in [5, 5.41) is 4.59. The Morgan fingerprint density at radius 2 is 1.93 bits per heavy atom. The Morgan fingerprint density at radius 1 is 1.14 bits per heavy atom. The third kappa shape index (κ3) is 7.45. The summed E-state index contributed by atoms with van der Waals surface area (Å²) in [5.41, 5.74) is 1.96. The number of rotatable bonds is 11. The minimum Gasteiger partial charge on any atom is -0.493 e. The summed E-state index contributed by atoms with van der Waals surface area (Å²) in [6.45, 7) is 6.79. The molecule has 0 bridgehead atoms. The molecule has 2 aromatic carbocycles. The maximum atomic E-state index is 6.22. The highest BCUT2D eigenvalue weighted by Crippen LogP contribution is 2.37. The van der Waals surface area contributed by atoms with Gasteiger partial charge in [0.1, 0.15) is 6.61 Å². The zero-order chi connectivity index (χ0) is 20.5. The number of ether oxygens (including phenoxy) is 3. The quantitative estimate of drug-likeness (QED) is 0.378. The van der Waals surface area contributed by atoms with E-state index in [0.29, 0.717) is 28.2 Å². The maximum Gasteiger partial charge on any atom is 0.175 e. The summed E-state index contributed by atoms with van der Waals surface area (Å²) in [4.78, 5) is 0. The Balaban J connectivity index is 1.94. The molecule has 0 atom stereocenters. The molecule has 28 heavy (non-hydrogen) atoms. The fourth-order valence-electron chi connectivity index (χ4n) is 2.55. The van der Waals surface area contributed by atoms with E-state index >= 15 is 0 Å². The van der Waals surface area contributed by atoms with Gasteiger partial charge in [0.2, 0.25) is 0 Å². The zero-order valence-electron chi connectivity index (χ0n) is 16.4. The summed E-state index contributed by atoms with van der Waals surface area (Å²) in [6, 6.07) is 9.35. The average molecular weight is 491 g/mol. The molecular formula is C21H26BrCl2NO3. The lowest BCUT2D eigenvalue weighted by atomic mass is 10.2. The lowest BCUT2D eigenvalue weighted by Gasteiger charge is -2.15. The molecule has 0 saturated carbocycles. The summed E-state index contributed by atoms with van der Waals surface area (Å²) in [6.07, 6.45) is 1.25. The molecule has 4 nitrogen and oxygen atoms in total. The summed E-state index contributed by atoms with van der Waals surface area (Å²) >= 11 is 15.7. The number of halogens is 3. The second-order valence-electron chi connectivity index (χ2n) is 6.58. The van der Waals surface area contributed by atoms with Crippen molar-refractivity contribution >= 4 is 39.1 Å². The average Bonchev–Trinajstić information content (AvgIpc) is 2.64. The molecule has 154 valence electrons. The fourth-order valence-corrected chi connectivity index (χ4v) is 3.62. The van der Waals surface area contributed by atoms with Gasteiger partial charge in [-0.05, 0) is 72.6 Å². The van der Waals surface area contributed by atoms with Crippen LogP contribution in [0.25, 0.3) is 0 Å². The second-order valence-corrected chi connectivity index (χ2v) is 8.28. The first-order valence-electron chi connectivity index (χ1n) is 9.16. The van der Waals surface area contributed by atoms with Crippen molar-refractivity contribution < 1.29 is 14.2 Å². The standard InChI is InChI=1S/C21H26BrCl2NO3/c1-14(2)27-8-4-7-25-12-15-9-18(22)21(20(10-15)26-3)28-13-16-5-6-17(23)11-19(16)24/h5-6,9-11,14,25H,4,7-8,12-13H2,1-3H3. The van der Waals surface area contributed by atoms with Crippen molar-refractivity contribution in [3.63, 3.8) is 0 Å². The van der Waals surface area contributed by atoms with E-state index in [2.05, 4.69) is 21.2 Å². The van der Waals surface area contributed by atoms with Crippen LogP contribution in [0.2, 0.25) is 10.0 Å². The number of hydrogen-bond donors (Lipinski definition) is 1. The van der Waals surface area contributed by atoms with E-state index in [4.69, 9.17) is 37.4 Å². The summed E-state index contributed by atoms with van der Waals surface area (Å²) < 4.78 is 17.9. The molecule has 7 heteroatoms. The Bertz CT molecular complexity index is 772. The van der Waals surface area contributed by atoms with E-state index < -0.39 is 0 Å². The Morgan fingerprint density at radius 3 is 2.61 bits per heavy atom. The van der Waals surface area contributed by atoms with Gasteiger partial charge in [0.15, 0.2) is 11.5 Å². The van der Waals surface area contributed by atoms with Crippen LogP contribution in [-0.4, -0.2) is 26.4 Å². The Kier molecular flexibility index (Phi) is 9.89. The van der Waals surface area contributed by atoms with Crippen LogP contribution >= 0.6 is 39.1 Å². The molecular weight excluding hydrogens is 465 g/mol. The van der Waals surface area contributed by atoms with Gasteiger partial charge in [-0.1, -0.05) is 29.3 Å². The molecule has 0 saturated heterocycles. The van der Waals surface area contributed by atoms with Gasteiger partial charge >= 0.3 is 0 Å². The van der Waals surface area contributed by atoms with Crippen LogP contribution in [-0.2, 0) is 17.9 Å². The maximum absolute atomic E-state index is 6.22. The second kappa shape index (κ2) is 11.9. The van der Waals surface area contributed by atoms with Crippen LogP contribution in [0, 0.1) is 0 Å². The predicted octanol–water partition coefficient (Wildman–Crippen LogP) is 6.25. The topological polar surface area (TPSA) is 39.7 Å². The number of hydrogen-bond acceptors (Lipinski definition) is 4. The third-order valence-corrected chi connectivity index (χ3v) is 5.13. The lowest BCUT2D eigenvalue weighted by Crippen LogP contribution is -2.17. The molecule has 0 radical (unpaired) electrons. The molecule has 0 amide bonds. The minimum atomic E-state index is 0.274. The van der Waals surface area contributed by atoms with Gasteiger partial charge in [-0.3, -0.25) is 0 Å². The van der Waals surface area contributed by atoms with E-state index in [1.807, 2.05) is 32.0 Å². The van der Waals surface area contributed by atoms with E-state index in [9.17, 15) is 0 Å². The van der Waals surface area contributed by atoms with Crippen molar-refractivity contribution in [1.82, 2.24) is 5.32 Å². The molecule has 0 fully saturated rings. The highest BCUT2D eigenvalue weighted by Gasteiger charge is 2.13. The SMILES string of the molecule is COc1cc(CNCCCOC(C)C)cc(Br)c1OCc1ccc(Cl)cc1Cl. The van der Waals surface area contributed by atoms with Crippen LogP contribution in [0.4, 0.5) is 0 Å². The zero-order valence-corrected chi connectivity index (χ0v) is 19.5. The minimum absolute atomic E-state index is 0.274. The monoisotopic (exact) mass is 489 g/mol. The normalized spacial score (nSPS) is 11.1. The van der Waals surface area contributed by atoms with Crippen LogP contribution in [0.3, 0.4) is 0 Å². The summed E-state index contributed by atoms with van der Waals surface area (Å²) in [5.74, 6) is 1.31. The number of benzene rings is 2. The highest BCUT2D eigenvalue weighted by atomic mass is 79.9. The van der Waals surface area contributed by atoms with Gasteiger partial charge in [-0.25, -0.2) is 0 Å².